The van der Waals surface area contributed by atoms with Gasteiger partial charge in [-0.05, 0) is 62.1 Å². The molecule has 0 unspecified atom stereocenters. The fraction of sp³-hybridized carbons (Fsp3) is 0.269. The minimum Gasteiger partial charge on any atom is -0.325 e. The molecule has 0 saturated carbocycles. The van der Waals surface area contributed by atoms with E-state index in [4.69, 9.17) is 0 Å². The molecule has 1 N–H and O–H groups in total. The van der Waals surface area contributed by atoms with Crippen molar-refractivity contribution in [1.82, 2.24) is 4.31 Å². The molecule has 0 spiro atoms. The van der Waals surface area contributed by atoms with Crippen molar-refractivity contribution in [3.05, 3.63) is 94.3 Å². The lowest BCUT2D eigenvalue weighted by Gasteiger charge is -2.24. The van der Waals surface area contributed by atoms with E-state index in [1.54, 1.807) is 26.0 Å². The number of rotatable bonds is 8. The average Bonchev–Trinajstić information content (AvgIpc) is 2.76. The van der Waals surface area contributed by atoms with E-state index in [1.165, 1.54) is 0 Å². The van der Waals surface area contributed by atoms with Gasteiger partial charge in [0.2, 0.25) is 15.9 Å². The van der Waals surface area contributed by atoms with Crippen LogP contribution in [0.4, 0.5) is 23.2 Å². The zero-order valence-electron chi connectivity index (χ0n) is 20.0. The highest BCUT2D eigenvalue weighted by Crippen LogP contribution is 2.33. The summed E-state index contributed by atoms with van der Waals surface area (Å²) in [6.45, 7) is 4.50. The highest BCUT2D eigenvalue weighted by atomic mass is 32.2. The van der Waals surface area contributed by atoms with Gasteiger partial charge in [-0.1, -0.05) is 48.0 Å². The van der Waals surface area contributed by atoms with E-state index >= 15 is 0 Å². The highest BCUT2D eigenvalue weighted by Gasteiger charge is 2.34. The lowest BCUT2D eigenvalue weighted by Crippen LogP contribution is -2.40. The van der Waals surface area contributed by atoms with Gasteiger partial charge in [-0.15, -0.1) is 0 Å². The fourth-order valence-electron chi connectivity index (χ4n) is 4.07. The molecule has 0 heterocycles. The van der Waals surface area contributed by atoms with E-state index in [0.29, 0.717) is 29.7 Å². The maximum atomic E-state index is 13.7. The molecule has 0 aromatic heterocycles. The van der Waals surface area contributed by atoms with Crippen LogP contribution in [-0.4, -0.2) is 31.7 Å². The monoisotopic (exact) mass is 522 g/mol. The number of alkyl halides is 3. The number of aryl methyl sites for hydroxylation is 3. The minimum atomic E-state index is -4.95. The number of nitrogens with one attached hydrogen (secondary N) is 1. The fourth-order valence-corrected chi connectivity index (χ4v) is 5.88. The third kappa shape index (κ3) is 6.50. The summed E-state index contributed by atoms with van der Waals surface area (Å²) in [6, 6.07) is 14.6. The predicted octanol–water partition coefficient (Wildman–Crippen LogP) is 5.64. The topological polar surface area (TPSA) is 66.5 Å². The number of anilines is 1. The van der Waals surface area contributed by atoms with Gasteiger partial charge in [-0.2, -0.15) is 17.5 Å². The van der Waals surface area contributed by atoms with Gasteiger partial charge in [-0.25, -0.2) is 12.8 Å². The van der Waals surface area contributed by atoms with Crippen molar-refractivity contribution in [3.63, 3.8) is 0 Å². The minimum absolute atomic E-state index is 0.0380. The molecular weight excluding hydrogens is 496 g/mol. The molecule has 0 atom stereocenters. The van der Waals surface area contributed by atoms with Gasteiger partial charge < -0.3 is 5.32 Å². The van der Waals surface area contributed by atoms with E-state index in [9.17, 15) is 30.8 Å². The molecule has 0 fully saturated rings. The second-order valence-corrected chi connectivity index (χ2v) is 10.4. The first kappa shape index (κ1) is 27.3. The third-order valence-corrected chi connectivity index (χ3v) is 7.72. The van der Waals surface area contributed by atoms with Crippen molar-refractivity contribution in [3.8, 4) is 0 Å². The highest BCUT2D eigenvalue weighted by molar-refractivity contribution is 7.89. The molecule has 3 aromatic rings. The standard InChI is InChI=1S/C26H26F4N2O3S/c1-17-13-18(2)25(19(3)14-17)36(34,35)32(12-11-20-7-5-4-6-8-20)16-24(33)31-21-9-10-23(27)22(15-21)26(28,29)30/h4-10,13-15H,11-12,16H2,1-3H3,(H,31,33). The first-order valence-electron chi connectivity index (χ1n) is 11.1. The molecular formula is C26H26F4N2O3S. The summed E-state index contributed by atoms with van der Waals surface area (Å²) in [5.74, 6) is -2.33. The summed E-state index contributed by atoms with van der Waals surface area (Å²) >= 11 is 0. The smallest absolute Gasteiger partial charge is 0.325 e. The van der Waals surface area contributed by atoms with Crippen molar-refractivity contribution in [2.45, 2.75) is 38.3 Å². The van der Waals surface area contributed by atoms with Gasteiger partial charge >= 0.3 is 6.18 Å². The first-order valence-corrected chi connectivity index (χ1v) is 12.5. The number of halogens is 4. The average molecular weight is 523 g/mol. The van der Waals surface area contributed by atoms with Crippen molar-refractivity contribution in [2.75, 3.05) is 18.4 Å². The van der Waals surface area contributed by atoms with E-state index in [-0.39, 0.29) is 17.1 Å². The van der Waals surface area contributed by atoms with Crippen LogP contribution in [0, 0.1) is 26.6 Å². The van der Waals surface area contributed by atoms with Gasteiger partial charge in [0, 0.05) is 12.2 Å². The maximum Gasteiger partial charge on any atom is 0.419 e. The number of carbonyl (C=O) groups is 1. The molecule has 192 valence electrons. The number of hydrogen-bond donors (Lipinski definition) is 1. The lowest BCUT2D eigenvalue weighted by molar-refractivity contribution is -0.140. The summed E-state index contributed by atoms with van der Waals surface area (Å²) in [4.78, 5) is 12.9. The van der Waals surface area contributed by atoms with E-state index < -0.39 is 40.0 Å². The molecule has 0 bridgehead atoms. The number of amides is 1. The number of sulfonamides is 1. The zero-order valence-corrected chi connectivity index (χ0v) is 20.8. The SMILES string of the molecule is Cc1cc(C)c(S(=O)(=O)N(CCc2ccccc2)CC(=O)Nc2ccc(F)c(C(F)(F)F)c2)c(C)c1. The largest absolute Gasteiger partial charge is 0.419 e. The Bertz CT molecular complexity index is 1330. The second kappa shape index (κ2) is 10.8. The Kier molecular flexibility index (Phi) is 8.20. The lowest BCUT2D eigenvalue weighted by atomic mass is 10.1. The van der Waals surface area contributed by atoms with Crippen molar-refractivity contribution < 1.29 is 30.8 Å². The molecule has 10 heteroatoms. The Hall–Kier alpha value is -3.24. The van der Waals surface area contributed by atoms with Crippen LogP contribution in [0.3, 0.4) is 0 Å². The van der Waals surface area contributed by atoms with Crippen molar-refractivity contribution in [1.29, 1.82) is 0 Å². The summed E-state index contributed by atoms with van der Waals surface area (Å²) in [6.07, 6.45) is -4.64. The summed E-state index contributed by atoms with van der Waals surface area (Å²) < 4.78 is 81.1. The summed E-state index contributed by atoms with van der Waals surface area (Å²) in [5, 5.41) is 2.26. The first-order chi connectivity index (χ1) is 16.8. The van der Waals surface area contributed by atoms with Gasteiger partial charge in [0.15, 0.2) is 0 Å². The molecule has 3 rings (SSSR count). The van der Waals surface area contributed by atoms with Crippen LogP contribution >= 0.6 is 0 Å². The van der Waals surface area contributed by atoms with Crippen LogP contribution in [-0.2, 0) is 27.4 Å². The van der Waals surface area contributed by atoms with E-state index in [1.807, 2.05) is 37.3 Å². The summed E-state index contributed by atoms with van der Waals surface area (Å²) in [7, 11) is -4.14. The van der Waals surface area contributed by atoms with Gasteiger partial charge in [0.05, 0.1) is 17.0 Å². The molecule has 1 amide bonds. The Morgan fingerprint density at radius 1 is 0.944 bits per heavy atom. The second-order valence-electron chi connectivity index (χ2n) is 8.54. The van der Waals surface area contributed by atoms with Crippen molar-refractivity contribution >= 4 is 21.6 Å². The number of carbonyl (C=O) groups excluding carboxylic acids is 1. The number of hydrogen-bond acceptors (Lipinski definition) is 3. The summed E-state index contributed by atoms with van der Waals surface area (Å²) in [5.41, 5.74) is 0.951. The Labute approximate surface area is 207 Å². The quantitative estimate of drug-likeness (QED) is 0.390. The Morgan fingerprint density at radius 2 is 1.56 bits per heavy atom. The van der Waals surface area contributed by atoms with Gasteiger partial charge in [0.25, 0.3) is 0 Å². The third-order valence-electron chi connectivity index (χ3n) is 5.57. The maximum absolute atomic E-state index is 13.7. The molecule has 0 radical (unpaired) electrons. The van der Waals surface area contributed by atoms with E-state index in [0.717, 1.165) is 21.5 Å². The van der Waals surface area contributed by atoms with Gasteiger partial charge in [-0.3, -0.25) is 4.79 Å². The molecule has 36 heavy (non-hydrogen) atoms. The molecule has 0 aliphatic carbocycles. The van der Waals surface area contributed by atoms with Crippen LogP contribution in [0.15, 0.2) is 65.6 Å². The Balaban J connectivity index is 1.91. The predicted molar refractivity (Wildman–Crippen MR) is 130 cm³/mol. The normalized spacial score (nSPS) is 12.1. The van der Waals surface area contributed by atoms with Crippen LogP contribution in [0.1, 0.15) is 27.8 Å². The molecule has 3 aromatic carbocycles. The number of benzene rings is 3. The van der Waals surface area contributed by atoms with Crippen LogP contribution in [0.25, 0.3) is 0 Å². The van der Waals surface area contributed by atoms with Crippen LogP contribution in [0.5, 0.6) is 0 Å². The van der Waals surface area contributed by atoms with Crippen LogP contribution < -0.4 is 5.32 Å². The number of nitrogens with zero attached hydrogens (tertiary/aromatic N) is 1. The molecule has 0 aliphatic heterocycles. The van der Waals surface area contributed by atoms with Crippen molar-refractivity contribution in [2.24, 2.45) is 0 Å². The Morgan fingerprint density at radius 3 is 2.14 bits per heavy atom. The molecule has 0 saturated heterocycles. The molecule has 0 aliphatic rings. The van der Waals surface area contributed by atoms with E-state index in [2.05, 4.69) is 5.32 Å². The van der Waals surface area contributed by atoms with Gasteiger partial charge in [0.1, 0.15) is 5.82 Å². The van der Waals surface area contributed by atoms with Crippen LogP contribution in [0.2, 0.25) is 0 Å². The molecule has 5 nitrogen and oxygen atoms in total. The zero-order chi connectivity index (χ0) is 26.7.